The molecule has 3 aromatic carbocycles. The van der Waals surface area contributed by atoms with Gasteiger partial charge in [0.25, 0.3) is 0 Å². The molecule has 7 nitrogen and oxygen atoms in total. The third-order valence-electron chi connectivity index (χ3n) is 6.28. The first-order valence-corrected chi connectivity index (χ1v) is 15.2. The summed E-state index contributed by atoms with van der Waals surface area (Å²) in [6, 6.07) is 21.6. The van der Waals surface area contributed by atoms with Crippen molar-refractivity contribution < 1.29 is 13.2 Å². The summed E-state index contributed by atoms with van der Waals surface area (Å²) in [4.78, 5) is 15.6. The van der Waals surface area contributed by atoms with Crippen LogP contribution < -0.4 is 14.9 Å². The van der Waals surface area contributed by atoms with Crippen molar-refractivity contribution in [1.29, 1.82) is 5.41 Å². The Labute approximate surface area is 229 Å². The summed E-state index contributed by atoms with van der Waals surface area (Å²) >= 11 is 1.39. The van der Waals surface area contributed by atoms with E-state index in [9.17, 15) is 13.2 Å². The van der Waals surface area contributed by atoms with E-state index in [1.54, 1.807) is 30.3 Å². The second-order valence-electron chi connectivity index (χ2n) is 10.4. The summed E-state index contributed by atoms with van der Waals surface area (Å²) in [6.45, 7) is 6.20. The Hall–Kier alpha value is -3.14. The van der Waals surface area contributed by atoms with Gasteiger partial charge in [0.1, 0.15) is 6.04 Å². The molecule has 0 radical (unpaired) electrons. The van der Waals surface area contributed by atoms with E-state index in [0.717, 1.165) is 36.2 Å². The fourth-order valence-electron chi connectivity index (χ4n) is 4.65. The van der Waals surface area contributed by atoms with Gasteiger partial charge in [0.2, 0.25) is 15.9 Å². The Bertz CT molecular complexity index is 1430. The van der Waals surface area contributed by atoms with Crippen LogP contribution in [0.25, 0.3) is 11.1 Å². The fourth-order valence-corrected chi connectivity index (χ4v) is 6.66. The van der Waals surface area contributed by atoms with Crippen molar-refractivity contribution in [2.75, 3.05) is 23.0 Å². The highest BCUT2D eigenvalue weighted by Crippen LogP contribution is 2.31. The number of anilines is 2. The molecule has 1 heterocycles. The number of benzene rings is 3. The summed E-state index contributed by atoms with van der Waals surface area (Å²) in [5, 5.41) is 11.6. The average Bonchev–Trinajstić information content (AvgIpc) is 3.38. The summed E-state index contributed by atoms with van der Waals surface area (Å²) in [7, 11) is -3.72. The second-order valence-corrected chi connectivity index (χ2v) is 12.8. The number of nitrogens with one attached hydrogen (secondary N) is 3. The molecule has 0 bridgehead atoms. The predicted octanol–water partition coefficient (Wildman–Crippen LogP) is 5.73. The van der Waals surface area contributed by atoms with Crippen molar-refractivity contribution in [3.8, 4) is 11.1 Å². The predicted molar refractivity (Wildman–Crippen MR) is 158 cm³/mol. The molecule has 4 rings (SSSR count). The molecule has 38 heavy (non-hydrogen) atoms. The van der Waals surface area contributed by atoms with Gasteiger partial charge >= 0.3 is 0 Å². The van der Waals surface area contributed by atoms with Gasteiger partial charge in [-0.3, -0.25) is 10.2 Å². The quantitative estimate of drug-likeness (QED) is 0.258. The van der Waals surface area contributed by atoms with Crippen LogP contribution in [0.3, 0.4) is 0 Å². The van der Waals surface area contributed by atoms with Crippen molar-refractivity contribution in [3.05, 3.63) is 78.4 Å². The van der Waals surface area contributed by atoms with Gasteiger partial charge in [0.15, 0.2) is 0 Å². The largest absolute Gasteiger partial charge is 0.359 e. The molecule has 3 aromatic rings. The van der Waals surface area contributed by atoms with Crippen LogP contribution in [0.15, 0.2) is 77.7 Å². The van der Waals surface area contributed by atoms with Gasteiger partial charge in [-0.25, -0.2) is 13.1 Å². The Kier molecular flexibility index (Phi) is 8.30. The number of sulfonamides is 1. The van der Waals surface area contributed by atoms with Gasteiger partial charge in [-0.15, -0.1) is 11.8 Å². The maximum atomic E-state index is 13.3. The summed E-state index contributed by atoms with van der Waals surface area (Å²) in [5.41, 5.74) is 3.17. The van der Waals surface area contributed by atoms with E-state index in [0.29, 0.717) is 16.3 Å². The van der Waals surface area contributed by atoms with Gasteiger partial charge in [0, 0.05) is 34.6 Å². The highest BCUT2D eigenvalue weighted by molar-refractivity contribution is 8.13. The molecule has 1 fully saturated rings. The van der Waals surface area contributed by atoms with E-state index in [1.807, 2.05) is 69.5 Å². The minimum absolute atomic E-state index is 0.0852. The van der Waals surface area contributed by atoms with Gasteiger partial charge in [0.05, 0.1) is 9.94 Å². The molecule has 0 spiro atoms. The zero-order chi connectivity index (χ0) is 27.5. The number of rotatable bonds is 7. The Morgan fingerprint density at radius 3 is 2.42 bits per heavy atom. The SMILES string of the molecule is CSC(=N)c1cccc(N2CCCC2C(=O)Nc2ccc(-c3ccccc3S(=O)(=O)NC(C)(C)C)cc2)c1. The van der Waals surface area contributed by atoms with E-state index >= 15 is 0 Å². The third kappa shape index (κ3) is 6.46. The first kappa shape index (κ1) is 27.9. The van der Waals surface area contributed by atoms with Crippen LogP contribution in [-0.4, -0.2) is 43.7 Å². The van der Waals surface area contributed by atoms with Crippen LogP contribution in [0.1, 0.15) is 39.2 Å². The second kappa shape index (κ2) is 11.3. The molecule has 1 aliphatic rings. The van der Waals surface area contributed by atoms with Crippen LogP contribution >= 0.6 is 11.8 Å². The summed E-state index contributed by atoms with van der Waals surface area (Å²) < 4.78 is 28.8. The first-order valence-electron chi connectivity index (χ1n) is 12.5. The van der Waals surface area contributed by atoms with E-state index in [1.165, 1.54) is 11.8 Å². The van der Waals surface area contributed by atoms with Crippen LogP contribution in [0.5, 0.6) is 0 Å². The van der Waals surface area contributed by atoms with Crippen molar-refractivity contribution in [2.24, 2.45) is 0 Å². The number of amides is 1. The molecular weight excluding hydrogens is 516 g/mol. The standard InChI is InChI=1S/C29H34N4O3S2/c1-29(2,3)32-38(35,36)26-13-6-5-11-24(26)20-14-16-22(17-15-20)31-28(34)25-12-8-18-33(25)23-10-7-9-21(19-23)27(30)37-4/h5-7,9-11,13-17,19,25,30,32H,8,12,18H2,1-4H3,(H,31,34). The molecular formula is C29H34N4O3S2. The number of nitrogens with zero attached hydrogens (tertiary/aromatic N) is 1. The Morgan fingerprint density at radius 1 is 1.03 bits per heavy atom. The van der Waals surface area contributed by atoms with Crippen LogP contribution in [0.4, 0.5) is 11.4 Å². The number of hydrogen-bond donors (Lipinski definition) is 3. The van der Waals surface area contributed by atoms with Crippen molar-refractivity contribution in [2.45, 2.75) is 50.1 Å². The van der Waals surface area contributed by atoms with E-state index in [-0.39, 0.29) is 16.8 Å². The van der Waals surface area contributed by atoms with Crippen molar-refractivity contribution in [3.63, 3.8) is 0 Å². The molecule has 1 amide bonds. The lowest BCUT2D eigenvalue weighted by Gasteiger charge is -2.26. The van der Waals surface area contributed by atoms with E-state index in [2.05, 4.69) is 14.9 Å². The van der Waals surface area contributed by atoms with Gasteiger partial charge < -0.3 is 10.2 Å². The van der Waals surface area contributed by atoms with Crippen molar-refractivity contribution >= 4 is 44.1 Å². The lowest BCUT2D eigenvalue weighted by molar-refractivity contribution is -0.117. The zero-order valence-corrected chi connectivity index (χ0v) is 23.7. The third-order valence-corrected chi connectivity index (χ3v) is 8.74. The molecule has 1 aliphatic heterocycles. The normalized spacial score (nSPS) is 15.9. The Morgan fingerprint density at radius 2 is 1.74 bits per heavy atom. The van der Waals surface area contributed by atoms with E-state index in [4.69, 9.17) is 5.41 Å². The molecule has 200 valence electrons. The number of thioether (sulfide) groups is 1. The maximum absolute atomic E-state index is 13.3. The molecule has 0 aliphatic carbocycles. The summed E-state index contributed by atoms with van der Waals surface area (Å²) in [5.74, 6) is -0.0852. The number of hydrogen-bond acceptors (Lipinski definition) is 6. The van der Waals surface area contributed by atoms with Crippen LogP contribution in [0.2, 0.25) is 0 Å². The number of carbonyl (C=O) groups is 1. The minimum Gasteiger partial charge on any atom is -0.359 e. The fraction of sp³-hybridized carbons (Fsp3) is 0.310. The summed E-state index contributed by atoms with van der Waals surface area (Å²) in [6.07, 6.45) is 3.54. The topological polar surface area (TPSA) is 102 Å². The van der Waals surface area contributed by atoms with Gasteiger partial charge in [-0.05, 0) is 75.8 Å². The molecule has 1 saturated heterocycles. The van der Waals surface area contributed by atoms with Gasteiger partial charge in [-0.2, -0.15) is 0 Å². The van der Waals surface area contributed by atoms with E-state index < -0.39 is 15.6 Å². The minimum atomic E-state index is -3.72. The highest BCUT2D eigenvalue weighted by atomic mass is 32.2. The molecule has 0 saturated carbocycles. The zero-order valence-electron chi connectivity index (χ0n) is 22.1. The van der Waals surface area contributed by atoms with Crippen LogP contribution in [0, 0.1) is 5.41 Å². The molecule has 1 unspecified atom stereocenters. The average molecular weight is 551 g/mol. The number of carbonyl (C=O) groups excluding carboxylic acids is 1. The van der Waals surface area contributed by atoms with Crippen LogP contribution in [-0.2, 0) is 14.8 Å². The first-order chi connectivity index (χ1) is 18.0. The highest BCUT2D eigenvalue weighted by Gasteiger charge is 2.31. The van der Waals surface area contributed by atoms with Gasteiger partial charge in [-0.1, -0.05) is 42.5 Å². The lowest BCUT2D eigenvalue weighted by atomic mass is 10.1. The smallest absolute Gasteiger partial charge is 0.247 e. The Balaban J connectivity index is 1.51. The molecule has 3 N–H and O–H groups in total. The van der Waals surface area contributed by atoms with Crippen molar-refractivity contribution in [1.82, 2.24) is 4.72 Å². The monoisotopic (exact) mass is 550 g/mol. The molecule has 9 heteroatoms. The lowest BCUT2D eigenvalue weighted by Crippen LogP contribution is -2.40. The molecule has 0 aromatic heterocycles. The molecule has 1 atom stereocenters. The maximum Gasteiger partial charge on any atom is 0.247 e.